The van der Waals surface area contributed by atoms with Gasteiger partial charge >= 0.3 is 5.97 Å². The highest BCUT2D eigenvalue weighted by Crippen LogP contribution is 2.32. The minimum atomic E-state index is -0.769. The summed E-state index contributed by atoms with van der Waals surface area (Å²) in [6, 6.07) is 8.30. The highest BCUT2D eigenvalue weighted by atomic mass is 16.4. The molecule has 1 aliphatic rings. The molecule has 1 aromatic rings. The van der Waals surface area contributed by atoms with Gasteiger partial charge in [0.1, 0.15) is 5.54 Å². The molecular weight excluding hydrogens is 202 g/mol. The van der Waals surface area contributed by atoms with Crippen LogP contribution in [0.1, 0.15) is 30.4 Å². The van der Waals surface area contributed by atoms with E-state index in [1.807, 2.05) is 6.07 Å². The Labute approximate surface area is 95.5 Å². The van der Waals surface area contributed by atoms with Gasteiger partial charge in [-0.2, -0.15) is 0 Å². The zero-order chi connectivity index (χ0) is 11.8. The Bertz CT molecular complexity index is 416. The fourth-order valence-electron chi connectivity index (χ4n) is 2.31. The summed E-state index contributed by atoms with van der Waals surface area (Å²) in [5.41, 5.74) is 1.69. The fraction of sp³-hybridized carbons (Fsp3) is 0.462. The van der Waals surface area contributed by atoms with E-state index in [4.69, 9.17) is 5.11 Å². The van der Waals surface area contributed by atoms with Crippen molar-refractivity contribution in [3.63, 3.8) is 0 Å². The number of benzene rings is 1. The van der Waals surface area contributed by atoms with Gasteiger partial charge < -0.3 is 10.4 Å². The van der Waals surface area contributed by atoms with Crippen molar-refractivity contribution in [3.05, 3.63) is 35.4 Å². The molecule has 1 aromatic carbocycles. The van der Waals surface area contributed by atoms with Gasteiger partial charge in [0.05, 0.1) is 0 Å². The van der Waals surface area contributed by atoms with E-state index in [0.29, 0.717) is 12.3 Å². The molecule has 0 aliphatic carbocycles. The molecule has 0 spiro atoms. The van der Waals surface area contributed by atoms with Crippen molar-refractivity contribution in [1.29, 1.82) is 0 Å². The van der Waals surface area contributed by atoms with Gasteiger partial charge in [0.15, 0.2) is 0 Å². The van der Waals surface area contributed by atoms with Gasteiger partial charge in [-0.3, -0.25) is 4.79 Å². The molecule has 86 valence electrons. The van der Waals surface area contributed by atoms with Crippen molar-refractivity contribution < 1.29 is 9.90 Å². The second-order valence-electron chi connectivity index (χ2n) is 4.83. The van der Waals surface area contributed by atoms with Gasteiger partial charge in [-0.15, -0.1) is 0 Å². The van der Waals surface area contributed by atoms with Crippen molar-refractivity contribution in [1.82, 2.24) is 5.32 Å². The first kappa shape index (κ1) is 11.1. The maximum Gasteiger partial charge on any atom is 0.323 e. The lowest BCUT2D eigenvalue weighted by atomic mass is 9.89. The van der Waals surface area contributed by atoms with E-state index in [1.165, 1.54) is 11.1 Å². The lowest BCUT2D eigenvalue weighted by Crippen LogP contribution is -2.44. The molecule has 3 nitrogen and oxygen atoms in total. The first-order valence-corrected chi connectivity index (χ1v) is 5.56. The summed E-state index contributed by atoms with van der Waals surface area (Å²) in [6.07, 6.45) is 0.659. The summed E-state index contributed by atoms with van der Waals surface area (Å²) in [6.45, 7) is 4.56. The Morgan fingerprint density at radius 2 is 2.31 bits per heavy atom. The van der Waals surface area contributed by atoms with E-state index in [-0.39, 0.29) is 0 Å². The van der Waals surface area contributed by atoms with Crippen LogP contribution in [0.25, 0.3) is 0 Å². The molecule has 1 saturated heterocycles. The van der Waals surface area contributed by atoms with E-state index in [9.17, 15) is 4.79 Å². The Balaban J connectivity index is 2.18. The Morgan fingerprint density at radius 1 is 1.56 bits per heavy atom. The Hall–Kier alpha value is -1.35. The average Bonchev–Trinajstić information content (AvgIpc) is 2.62. The molecule has 0 amide bonds. The number of aliphatic carboxylic acids is 1. The number of hydrogen-bond acceptors (Lipinski definition) is 2. The number of carboxylic acids is 1. The molecule has 2 unspecified atom stereocenters. The number of hydrogen-bond donors (Lipinski definition) is 2. The zero-order valence-corrected chi connectivity index (χ0v) is 9.66. The van der Waals surface area contributed by atoms with Gasteiger partial charge in [0.25, 0.3) is 0 Å². The number of carbonyl (C=O) groups is 1. The molecule has 0 saturated carbocycles. The standard InChI is InChI=1S/C13H17NO2/c1-9-4-3-5-10(6-9)11-7-13(2,12(15)16)14-8-11/h3-6,11,14H,7-8H2,1-2H3,(H,15,16). The highest BCUT2D eigenvalue weighted by Gasteiger charge is 2.41. The van der Waals surface area contributed by atoms with Crippen LogP contribution in [0.2, 0.25) is 0 Å². The molecule has 3 heteroatoms. The average molecular weight is 219 g/mol. The summed E-state index contributed by atoms with van der Waals surface area (Å²) < 4.78 is 0. The SMILES string of the molecule is Cc1cccc(C2CNC(C)(C(=O)O)C2)c1. The molecule has 16 heavy (non-hydrogen) atoms. The number of carboxylic acid groups (broad SMARTS) is 1. The summed E-state index contributed by atoms with van der Waals surface area (Å²) in [7, 11) is 0. The van der Waals surface area contributed by atoms with Crippen LogP contribution in [0.5, 0.6) is 0 Å². The van der Waals surface area contributed by atoms with Crippen LogP contribution in [0.4, 0.5) is 0 Å². The minimum absolute atomic E-state index is 0.306. The second-order valence-corrected chi connectivity index (χ2v) is 4.83. The Kier molecular flexibility index (Phi) is 2.72. The Morgan fingerprint density at radius 3 is 2.88 bits per heavy atom. The normalized spacial score (nSPS) is 29.2. The van der Waals surface area contributed by atoms with Crippen LogP contribution in [0.3, 0.4) is 0 Å². The van der Waals surface area contributed by atoms with Gasteiger partial charge in [0.2, 0.25) is 0 Å². The van der Waals surface area contributed by atoms with E-state index in [1.54, 1.807) is 6.92 Å². The van der Waals surface area contributed by atoms with Crippen molar-refractivity contribution in [2.24, 2.45) is 0 Å². The van der Waals surface area contributed by atoms with Crippen LogP contribution in [0, 0.1) is 6.92 Å². The summed E-state index contributed by atoms with van der Waals surface area (Å²) >= 11 is 0. The zero-order valence-electron chi connectivity index (χ0n) is 9.66. The predicted molar refractivity (Wildman–Crippen MR) is 62.6 cm³/mol. The molecule has 0 aromatic heterocycles. The van der Waals surface area contributed by atoms with Gasteiger partial charge in [-0.1, -0.05) is 29.8 Å². The molecule has 2 rings (SSSR count). The predicted octanol–water partition coefficient (Wildman–Crippen LogP) is 1.92. The van der Waals surface area contributed by atoms with E-state index >= 15 is 0 Å². The smallest absolute Gasteiger partial charge is 0.323 e. The van der Waals surface area contributed by atoms with E-state index in [2.05, 4.69) is 30.4 Å². The molecule has 0 radical (unpaired) electrons. The molecule has 2 atom stereocenters. The molecular formula is C13H17NO2. The number of nitrogens with one attached hydrogen (secondary N) is 1. The van der Waals surface area contributed by atoms with E-state index < -0.39 is 11.5 Å². The molecule has 1 heterocycles. The quantitative estimate of drug-likeness (QED) is 0.799. The highest BCUT2D eigenvalue weighted by molar-refractivity contribution is 5.79. The van der Waals surface area contributed by atoms with Crippen LogP contribution >= 0.6 is 0 Å². The molecule has 0 bridgehead atoms. The number of rotatable bonds is 2. The third kappa shape index (κ3) is 1.95. The first-order chi connectivity index (χ1) is 7.51. The molecule has 1 aliphatic heterocycles. The topological polar surface area (TPSA) is 49.3 Å². The van der Waals surface area contributed by atoms with Gasteiger partial charge in [-0.05, 0) is 31.7 Å². The van der Waals surface area contributed by atoms with Crippen molar-refractivity contribution in [3.8, 4) is 0 Å². The van der Waals surface area contributed by atoms with Crippen molar-refractivity contribution in [2.45, 2.75) is 31.7 Å². The van der Waals surface area contributed by atoms with Crippen LogP contribution < -0.4 is 5.32 Å². The third-order valence-corrected chi connectivity index (χ3v) is 3.38. The van der Waals surface area contributed by atoms with E-state index in [0.717, 1.165) is 6.54 Å². The minimum Gasteiger partial charge on any atom is -0.480 e. The third-order valence-electron chi connectivity index (χ3n) is 3.38. The van der Waals surface area contributed by atoms with Crippen LogP contribution in [0.15, 0.2) is 24.3 Å². The molecule has 2 N–H and O–H groups in total. The maximum atomic E-state index is 11.1. The lowest BCUT2D eigenvalue weighted by molar-refractivity contribution is -0.143. The maximum absolute atomic E-state index is 11.1. The second kappa shape index (κ2) is 3.91. The first-order valence-electron chi connectivity index (χ1n) is 5.56. The molecule has 1 fully saturated rings. The summed E-state index contributed by atoms with van der Waals surface area (Å²) in [5, 5.41) is 12.2. The van der Waals surface area contributed by atoms with Gasteiger partial charge in [0, 0.05) is 6.54 Å². The largest absolute Gasteiger partial charge is 0.480 e. The van der Waals surface area contributed by atoms with Crippen LogP contribution in [-0.4, -0.2) is 23.2 Å². The van der Waals surface area contributed by atoms with Crippen molar-refractivity contribution in [2.75, 3.05) is 6.54 Å². The fourth-order valence-corrected chi connectivity index (χ4v) is 2.31. The monoisotopic (exact) mass is 219 g/mol. The van der Waals surface area contributed by atoms with Crippen molar-refractivity contribution >= 4 is 5.97 Å². The van der Waals surface area contributed by atoms with Crippen LogP contribution in [-0.2, 0) is 4.79 Å². The summed E-state index contributed by atoms with van der Waals surface area (Å²) in [4.78, 5) is 11.1. The summed E-state index contributed by atoms with van der Waals surface area (Å²) in [5.74, 6) is -0.455. The lowest BCUT2D eigenvalue weighted by Gasteiger charge is -2.18. The number of aryl methyl sites for hydroxylation is 1. The van der Waals surface area contributed by atoms with Gasteiger partial charge in [-0.25, -0.2) is 0 Å².